The standard InChI is InChI=1S/C29H28F3N9O6/c1-3-40-24-20(45-12-6-11-33)15-35-21(22(24)37-26(40)23-25(34)39-47-38-23)16-7-4-9-18(13-16)41(46-27(42)29(30,31)32)28(43)36-17-8-5-10-19(14-17)44-2/h4-5,7-10,13-15H,3,6,11-12,33H2,1-2H3,(H2,34,39)(H,36,43). The molecule has 2 aromatic carbocycles. The van der Waals surface area contributed by atoms with Crippen LogP contribution in [0, 0.1) is 0 Å². The zero-order valence-corrected chi connectivity index (χ0v) is 24.9. The molecular formula is C29H28F3N9O6. The van der Waals surface area contributed by atoms with Crippen molar-refractivity contribution in [3.8, 4) is 34.3 Å². The Kier molecular flexibility index (Phi) is 9.41. The number of anilines is 3. The van der Waals surface area contributed by atoms with E-state index < -0.39 is 18.2 Å². The van der Waals surface area contributed by atoms with Crippen molar-refractivity contribution in [3.05, 3.63) is 54.7 Å². The zero-order chi connectivity index (χ0) is 33.7. The molecule has 0 saturated heterocycles. The maximum absolute atomic E-state index is 13.3. The summed E-state index contributed by atoms with van der Waals surface area (Å²) in [4.78, 5) is 39.1. The van der Waals surface area contributed by atoms with Crippen LogP contribution in [0.4, 0.5) is 35.2 Å². The molecule has 0 unspecified atom stereocenters. The van der Waals surface area contributed by atoms with Crippen LogP contribution in [0.15, 0.2) is 59.4 Å². The predicted octanol–water partition coefficient (Wildman–Crippen LogP) is 4.55. The van der Waals surface area contributed by atoms with E-state index in [1.807, 2.05) is 6.92 Å². The van der Waals surface area contributed by atoms with Crippen molar-refractivity contribution in [2.45, 2.75) is 26.1 Å². The molecule has 246 valence electrons. The summed E-state index contributed by atoms with van der Waals surface area (Å²) in [5, 5.41) is 10.1. The van der Waals surface area contributed by atoms with E-state index in [1.165, 1.54) is 43.6 Å². The third kappa shape index (κ3) is 6.86. The Bertz CT molecular complexity index is 1910. The van der Waals surface area contributed by atoms with Gasteiger partial charge in [-0.2, -0.15) is 13.2 Å². The third-order valence-corrected chi connectivity index (χ3v) is 6.65. The van der Waals surface area contributed by atoms with Crippen molar-refractivity contribution >= 4 is 40.2 Å². The molecule has 0 aliphatic rings. The number of nitrogen functional groups attached to an aromatic ring is 1. The molecule has 0 aliphatic carbocycles. The molecule has 0 fully saturated rings. The number of aromatic nitrogens is 5. The minimum absolute atomic E-state index is 0.0127. The molecule has 15 nitrogen and oxygen atoms in total. The Hall–Kier alpha value is -5.91. The molecule has 3 aromatic heterocycles. The van der Waals surface area contributed by atoms with Gasteiger partial charge in [-0.15, -0.1) is 5.06 Å². The lowest BCUT2D eigenvalue weighted by Crippen LogP contribution is -2.41. The second kappa shape index (κ2) is 13.6. The summed E-state index contributed by atoms with van der Waals surface area (Å²) in [5.41, 5.74) is 13.0. The highest BCUT2D eigenvalue weighted by Gasteiger charge is 2.44. The molecule has 5 aromatic rings. The number of hydrogen-bond acceptors (Lipinski definition) is 12. The van der Waals surface area contributed by atoms with Crippen LogP contribution < -0.4 is 31.3 Å². The smallest absolute Gasteiger partial charge is 0.493 e. The van der Waals surface area contributed by atoms with E-state index in [2.05, 4.69) is 25.5 Å². The summed E-state index contributed by atoms with van der Waals surface area (Å²) in [6, 6.07) is 10.4. The van der Waals surface area contributed by atoms with E-state index in [0.717, 1.165) is 0 Å². The van der Waals surface area contributed by atoms with Crippen molar-refractivity contribution < 1.29 is 41.7 Å². The number of hydroxylamine groups is 1. The van der Waals surface area contributed by atoms with Gasteiger partial charge in [0.15, 0.2) is 23.1 Å². The SMILES string of the molecule is CCn1c(-c2nonc2N)nc2c(-c3cccc(N(OC(=O)C(F)(F)F)C(=O)Nc4cccc(OC)c4)c3)ncc(OCCCN)c21. The number of carbonyl (C=O) groups is 2. The quantitative estimate of drug-likeness (QED) is 0.140. The number of halogens is 3. The minimum atomic E-state index is -5.40. The number of hydrogen-bond donors (Lipinski definition) is 3. The van der Waals surface area contributed by atoms with E-state index >= 15 is 0 Å². The number of imidazole rings is 1. The molecule has 2 amide bonds. The number of amides is 2. The second-order valence-corrected chi connectivity index (χ2v) is 9.72. The Balaban J connectivity index is 1.62. The molecule has 0 atom stereocenters. The number of nitrogens with one attached hydrogen (secondary N) is 1. The summed E-state index contributed by atoms with van der Waals surface area (Å²) in [6.45, 7) is 2.90. The number of rotatable bonds is 10. The normalized spacial score (nSPS) is 11.4. The Morgan fingerprint density at radius 2 is 1.89 bits per heavy atom. The van der Waals surface area contributed by atoms with Crippen molar-refractivity contribution in [1.29, 1.82) is 0 Å². The number of nitrogens with two attached hydrogens (primary N) is 2. The number of carbonyl (C=O) groups excluding carboxylic acids is 2. The van der Waals surface area contributed by atoms with E-state index in [0.29, 0.717) is 47.6 Å². The number of ether oxygens (including phenoxy) is 2. The fourth-order valence-corrected chi connectivity index (χ4v) is 4.54. The van der Waals surface area contributed by atoms with Gasteiger partial charge in [0.05, 0.1) is 31.3 Å². The predicted molar refractivity (Wildman–Crippen MR) is 162 cm³/mol. The first-order valence-corrected chi connectivity index (χ1v) is 14.0. The van der Waals surface area contributed by atoms with Crippen molar-refractivity contribution in [2.24, 2.45) is 5.73 Å². The monoisotopic (exact) mass is 655 g/mol. The van der Waals surface area contributed by atoms with Crippen LogP contribution in [0.3, 0.4) is 0 Å². The summed E-state index contributed by atoms with van der Waals surface area (Å²) < 4.78 is 57.5. The highest BCUT2D eigenvalue weighted by molar-refractivity contribution is 6.03. The molecule has 18 heteroatoms. The summed E-state index contributed by atoms with van der Waals surface area (Å²) in [5.74, 6) is -1.62. The second-order valence-electron chi connectivity index (χ2n) is 9.72. The Morgan fingerprint density at radius 3 is 2.57 bits per heavy atom. The highest BCUT2D eigenvalue weighted by atomic mass is 19.4. The van der Waals surface area contributed by atoms with E-state index in [4.69, 9.17) is 30.6 Å². The molecule has 0 radical (unpaired) electrons. The maximum atomic E-state index is 13.3. The van der Waals surface area contributed by atoms with Gasteiger partial charge in [-0.1, -0.05) is 18.2 Å². The van der Waals surface area contributed by atoms with Gasteiger partial charge in [0.25, 0.3) is 0 Å². The Labute approximate surface area is 264 Å². The Morgan fingerprint density at radius 1 is 1.11 bits per heavy atom. The van der Waals surface area contributed by atoms with Crippen molar-refractivity contribution in [2.75, 3.05) is 36.4 Å². The van der Waals surface area contributed by atoms with Crippen LogP contribution in [0.1, 0.15) is 13.3 Å². The lowest BCUT2D eigenvalue weighted by atomic mass is 10.1. The van der Waals surface area contributed by atoms with Crippen molar-refractivity contribution in [1.82, 2.24) is 24.8 Å². The number of methoxy groups -OCH3 is 1. The lowest BCUT2D eigenvalue weighted by molar-refractivity contribution is -0.199. The summed E-state index contributed by atoms with van der Waals surface area (Å²) in [6.07, 6.45) is -3.39. The zero-order valence-electron chi connectivity index (χ0n) is 24.9. The van der Waals surface area contributed by atoms with E-state index in [9.17, 15) is 22.8 Å². The van der Waals surface area contributed by atoms with Crippen LogP contribution in [0.2, 0.25) is 0 Å². The fourth-order valence-electron chi connectivity index (χ4n) is 4.54. The van der Waals surface area contributed by atoms with Crippen LogP contribution in [0.5, 0.6) is 11.5 Å². The average Bonchev–Trinajstić information content (AvgIpc) is 3.66. The average molecular weight is 656 g/mol. The highest BCUT2D eigenvalue weighted by Crippen LogP contribution is 2.37. The molecule has 5 N–H and O–H groups in total. The number of alkyl halides is 3. The lowest BCUT2D eigenvalue weighted by Gasteiger charge is -2.22. The minimum Gasteiger partial charge on any atom is -0.497 e. The number of nitrogens with zero attached hydrogens (tertiary/aromatic N) is 6. The summed E-state index contributed by atoms with van der Waals surface area (Å²) >= 11 is 0. The molecule has 0 aliphatic heterocycles. The van der Waals surface area contributed by atoms with Crippen LogP contribution in [-0.2, 0) is 16.2 Å². The molecule has 0 bridgehead atoms. The first kappa shape index (κ1) is 32.5. The number of fused-ring (bicyclic) bond motifs is 1. The maximum Gasteiger partial charge on any atom is 0.493 e. The van der Waals surface area contributed by atoms with Crippen LogP contribution in [0.25, 0.3) is 33.8 Å². The van der Waals surface area contributed by atoms with Gasteiger partial charge in [-0.05, 0) is 54.5 Å². The first-order valence-electron chi connectivity index (χ1n) is 14.0. The van der Waals surface area contributed by atoms with Gasteiger partial charge in [-0.3, -0.25) is 0 Å². The van der Waals surface area contributed by atoms with Crippen molar-refractivity contribution in [3.63, 3.8) is 0 Å². The van der Waals surface area contributed by atoms with E-state index in [-0.39, 0.29) is 46.1 Å². The molecule has 3 heterocycles. The topological polar surface area (TPSA) is 199 Å². The number of benzene rings is 2. The van der Waals surface area contributed by atoms with Gasteiger partial charge in [0.1, 0.15) is 16.8 Å². The first-order chi connectivity index (χ1) is 22.5. The molecule has 5 rings (SSSR count). The van der Waals surface area contributed by atoms with Gasteiger partial charge < -0.3 is 35.7 Å². The molecule has 47 heavy (non-hydrogen) atoms. The van der Waals surface area contributed by atoms with E-state index in [1.54, 1.807) is 22.8 Å². The number of urea groups is 1. The number of aryl methyl sites for hydroxylation is 1. The molecule has 0 spiro atoms. The van der Waals surface area contributed by atoms with Gasteiger partial charge in [-0.25, -0.2) is 24.2 Å². The molecule has 0 saturated carbocycles. The van der Waals surface area contributed by atoms with Crippen LogP contribution >= 0.6 is 0 Å². The number of pyridine rings is 1. The third-order valence-electron chi connectivity index (χ3n) is 6.65. The van der Waals surface area contributed by atoms with Gasteiger partial charge in [0, 0.05) is 23.9 Å². The summed E-state index contributed by atoms with van der Waals surface area (Å²) in [7, 11) is 1.40. The molecular weight excluding hydrogens is 627 g/mol. The van der Waals surface area contributed by atoms with Crippen LogP contribution in [-0.4, -0.2) is 63.3 Å². The van der Waals surface area contributed by atoms with Gasteiger partial charge >= 0.3 is 18.2 Å². The largest absolute Gasteiger partial charge is 0.497 e. The van der Waals surface area contributed by atoms with Gasteiger partial charge in [0.2, 0.25) is 0 Å². The fraction of sp³-hybridized carbons (Fsp3) is 0.241.